The molecule has 26 heavy (non-hydrogen) atoms. The SMILES string of the molecule is CC(=O)NC1(CNC(=O)Nc2cccc(C)n2)C2CC3CC(C2)CC1C3. The number of amides is 3. The maximum Gasteiger partial charge on any atom is 0.320 e. The van der Waals surface area contributed by atoms with Crippen molar-refractivity contribution in [2.45, 2.75) is 51.5 Å². The van der Waals surface area contributed by atoms with E-state index >= 15 is 0 Å². The van der Waals surface area contributed by atoms with Crippen LogP contribution in [0.25, 0.3) is 0 Å². The second kappa shape index (κ2) is 6.56. The summed E-state index contributed by atoms with van der Waals surface area (Å²) >= 11 is 0. The van der Waals surface area contributed by atoms with Gasteiger partial charge in [0.2, 0.25) is 5.91 Å². The highest BCUT2D eigenvalue weighted by molar-refractivity contribution is 5.88. The van der Waals surface area contributed by atoms with Gasteiger partial charge in [-0.05, 0) is 74.8 Å². The van der Waals surface area contributed by atoms with Crippen LogP contribution >= 0.6 is 0 Å². The zero-order valence-electron chi connectivity index (χ0n) is 15.5. The molecule has 0 unspecified atom stereocenters. The molecule has 0 saturated heterocycles. The van der Waals surface area contributed by atoms with E-state index in [9.17, 15) is 9.59 Å². The van der Waals surface area contributed by atoms with E-state index in [1.807, 2.05) is 19.1 Å². The molecule has 6 heteroatoms. The summed E-state index contributed by atoms with van der Waals surface area (Å²) in [5, 5.41) is 9.09. The summed E-state index contributed by atoms with van der Waals surface area (Å²) in [5.74, 6) is 3.11. The van der Waals surface area contributed by atoms with Crippen molar-refractivity contribution in [3.8, 4) is 0 Å². The summed E-state index contributed by atoms with van der Waals surface area (Å²) in [6, 6.07) is 5.28. The van der Waals surface area contributed by atoms with Gasteiger partial charge in [-0.15, -0.1) is 0 Å². The Labute approximate surface area is 154 Å². The van der Waals surface area contributed by atoms with E-state index in [1.54, 1.807) is 13.0 Å². The van der Waals surface area contributed by atoms with Gasteiger partial charge in [-0.1, -0.05) is 6.07 Å². The molecule has 0 atom stereocenters. The van der Waals surface area contributed by atoms with Crippen LogP contribution in [0.5, 0.6) is 0 Å². The first-order valence-electron chi connectivity index (χ1n) is 9.72. The van der Waals surface area contributed by atoms with Crippen molar-refractivity contribution < 1.29 is 9.59 Å². The van der Waals surface area contributed by atoms with Crippen LogP contribution in [0.4, 0.5) is 10.6 Å². The standard InChI is InChI=1S/C20H28N4O2/c1-12-4-3-5-18(22-12)23-19(26)21-11-20(24-13(2)25)16-7-14-6-15(9-16)10-17(20)8-14/h3-5,14-17H,6-11H2,1-2H3,(H,24,25)(H2,21,22,23,26). The minimum absolute atomic E-state index is 0.0000301. The third kappa shape index (κ3) is 3.17. The summed E-state index contributed by atoms with van der Waals surface area (Å²) in [4.78, 5) is 28.7. The van der Waals surface area contributed by atoms with Crippen molar-refractivity contribution in [2.75, 3.05) is 11.9 Å². The Hall–Kier alpha value is -2.11. The molecule has 6 nitrogen and oxygen atoms in total. The molecule has 1 aromatic rings. The predicted molar refractivity (Wildman–Crippen MR) is 99.6 cm³/mol. The van der Waals surface area contributed by atoms with E-state index in [1.165, 1.54) is 32.1 Å². The maximum absolute atomic E-state index is 12.4. The van der Waals surface area contributed by atoms with Gasteiger partial charge in [-0.3, -0.25) is 10.1 Å². The summed E-state index contributed by atoms with van der Waals surface area (Å²) in [7, 11) is 0. The lowest BCUT2D eigenvalue weighted by molar-refractivity contribution is -0.129. The van der Waals surface area contributed by atoms with Gasteiger partial charge in [0.25, 0.3) is 0 Å². The van der Waals surface area contributed by atoms with Gasteiger partial charge in [-0.25, -0.2) is 9.78 Å². The molecule has 4 saturated carbocycles. The molecule has 0 aliphatic heterocycles. The first-order valence-corrected chi connectivity index (χ1v) is 9.72. The van der Waals surface area contributed by atoms with Crippen molar-refractivity contribution in [2.24, 2.45) is 23.7 Å². The number of aryl methyl sites for hydroxylation is 1. The van der Waals surface area contributed by atoms with Crippen molar-refractivity contribution in [3.63, 3.8) is 0 Å². The molecule has 4 aliphatic rings. The fraction of sp³-hybridized carbons (Fsp3) is 0.650. The Bertz CT molecular complexity index is 690. The average Bonchev–Trinajstić information content (AvgIpc) is 2.56. The zero-order chi connectivity index (χ0) is 18.3. The molecule has 1 aromatic heterocycles. The fourth-order valence-corrected chi connectivity index (χ4v) is 5.89. The molecule has 4 fully saturated rings. The quantitative estimate of drug-likeness (QED) is 0.776. The molecule has 4 aliphatic carbocycles. The minimum Gasteiger partial charge on any atom is -0.349 e. The zero-order valence-corrected chi connectivity index (χ0v) is 15.5. The first kappa shape index (κ1) is 17.3. The fourth-order valence-electron chi connectivity index (χ4n) is 5.89. The Morgan fingerprint density at radius 2 is 1.77 bits per heavy atom. The number of nitrogens with zero attached hydrogens (tertiary/aromatic N) is 1. The summed E-state index contributed by atoms with van der Waals surface area (Å²) in [6.07, 6.45) is 6.06. The van der Waals surface area contributed by atoms with E-state index in [-0.39, 0.29) is 17.5 Å². The van der Waals surface area contributed by atoms with Crippen molar-refractivity contribution >= 4 is 17.8 Å². The van der Waals surface area contributed by atoms with E-state index in [2.05, 4.69) is 20.9 Å². The predicted octanol–water partition coefficient (Wildman–Crippen LogP) is 2.84. The molecule has 0 aromatic carbocycles. The number of pyridine rings is 1. The molecule has 5 rings (SSSR count). The van der Waals surface area contributed by atoms with Gasteiger partial charge in [0.15, 0.2) is 0 Å². The number of urea groups is 1. The lowest BCUT2D eigenvalue weighted by Crippen LogP contribution is -2.70. The van der Waals surface area contributed by atoms with Crippen LogP contribution in [0.2, 0.25) is 0 Å². The number of rotatable bonds is 4. The lowest BCUT2D eigenvalue weighted by Gasteiger charge is -2.61. The number of hydrogen-bond donors (Lipinski definition) is 3. The smallest absolute Gasteiger partial charge is 0.320 e. The molecule has 0 spiro atoms. The molecule has 4 bridgehead atoms. The molecule has 1 heterocycles. The van der Waals surface area contributed by atoms with Crippen LogP contribution in [-0.2, 0) is 4.79 Å². The van der Waals surface area contributed by atoms with Gasteiger partial charge >= 0.3 is 6.03 Å². The van der Waals surface area contributed by atoms with E-state index in [0.29, 0.717) is 24.2 Å². The van der Waals surface area contributed by atoms with Gasteiger partial charge < -0.3 is 10.6 Å². The molecule has 3 amide bonds. The van der Waals surface area contributed by atoms with Crippen LogP contribution in [-0.4, -0.2) is 29.0 Å². The van der Waals surface area contributed by atoms with Crippen LogP contribution in [0, 0.1) is 30.6 Å². The number of aromatic nitrogens is 1. The molecule has 3 N–H and O–H groups in total. The molecular formula is C20H28N4O2. The number of carbonyl (C=O) groups excluding carboxylic acids is 2. The third-order valence-electron chi connectivity index (χ3n) is 6.68. The largest absolute Gasteiger partial charge is 0.349 e. The Morgan fingerprint density at radius 1 is 1.12 bits per heavy atom. The summed E-state index contributed by atoms with van der Waals surface area (Å²) in [6.45, 7) is 3.96. The van der Waals surface area contributed by atoms with Gasteiger partial charge in [0.05, 0.1) is 5.54 Å². The number of anilines is 1. The van der Waals surface area contributed by atoms with Crippen LogP contribution in [0.15, 0.2) is 18.2 Å². The molecular weight excluding hydrogens is 328 g/mol. The van der Waals surface area contributed by atoms with E-state index in [4.69, 9.17) is 0 Å². The normalized spacial score (nSPS) is 34.4. The summed E-state index contributed by atoms with van der Waals surface area (Å²) in [5.41, 5.74) is 0.565. The highest BCUT2D eigenvalue weighted by atomic mass is 16.2. The summed E-state index contributed by atoms with van der Waals surface area (Å²) < 4.78 is 0. The highest BCUT2D eigenvalue weighted by Crippen LogP contribution is 2.58. The Balaban J connectivity index is 1.46. The second-order valence-corrected chi connectivity index (χ2v) is 8.50. The van der Waals surface area contributed by atoms with E-state index < -0.39 is 0 Å². The Morgan fingerprint density at radius 3 is 2.35 bits per heavy atom. The second-order valence-electron chi connectivity index (χ2n) is 8.50. The van der Waals surface area contributed by atoms with Crippen molar-refractivity contribution in [1.29, 1.82) is 0 Å². The average molecular weight is 356 g/mol. The molecule has 0 radical (unpaired) electrons. The number of carbonyl (C=O) groups is 2. The first-order chi connectivity index (χ1) is 12.4. The van der Waals surface area contributed by atoms with Crippen LogP contribution < -0.4 is 16.0 Å². The lowest BCUT2D eigenvalue weighted by atomic mass is 9.48. The monoisotopic (exact) mass is 356 g/mol. The maximum atomic E-state index is 12.4. The number of hydrogen-bond acceptors (Lipinski definition) is 3. The third-order valence-corrected chi connectivity index (χ3v) is 6.68. The van der Waals surface area contributed by atoms with Crippen molar-refractivity contribution in [3.05, 3.63) is 23.9 Å². The van der Waals surface area contributed by atoms with Gasteiger partial charge in [-0.2, -0.15) is 0 Å². The van der Waals surface area contributed by atoms with Gasteiger partial charge in [0, 0.05) is 19.2 Å². The van der Waals surface area contributed by atoms with Crippen molar-refractivity contribution in [1.82, 2.24) is 15.6 Å². The minimum atomic E-state index is -0.295. The topological polar surface area (TPSA) is 83.1 Å². The Kier molecular flexibility index (Phi) is 4.37. The van der Waals surface area contributed by atoms with Crippen LogP contribution in [0.1, 0.15) is 44.7 Å². The molecule has 140 valence electrons. The number of nitrogens with one attached hydrogen (secondary N) is 3. The van der Waals surface area contributed by atoms with Crippen LogP contribution in [0.3, 0.4) is 0 Å². The van der Waals surface area contributed by atoms with E-state index in [0.717, 1.165) is 17.5 Å². The highest BCUT2D eigenvalue weighted by Gasteiger charge is 2.57. The van der Waals surface area contributed by atoms with Gasteiger partial charge in [0.1, 0.15) is 5.82 Å².